The third-order valence-corrected chi connectivity index (χ3v) is 5.59. The summed E-state index contributed by atoms with van der Waals surface area (Å²) in [6, 6.07) is 18.5. The fraction of sp³-hybridized carbons (Fsp3) is 0.0476. The van der Waals surface area contributed by atoms with Gasteiger partial charge >= 0.3 is 0 Å². The minimum atomic E-state index is -0.704. The topological polar surface area (TPSA) is 57.6 Å². The lowest BCUT2D eigenvalue weighted by atomic mass is 10.00. The van der Waals surface area contributed by atoms with Crippen LogP contribution in [0.3, 0.4) is 0 Å². The number of rotatable bonds is 3. The van der Waals surface area contributed by atoms with Crippen LogP contribution in [-0.2, 0) is 9.59 Å². The number of anilines is 1. The van der Waals surface area contributed by atoms with Gasteiger partial charge in [0.2, 0.25) is 0 Å². The Kier molecular flexibility index (Phi) is 4.56. The molecule has 1 unspecified atom stereocenters. The van der Waals surface area contributed by atoms with Crippen molar-refractivity contribution in [3.05, 3.63) is 93.1 Å². The number of hydrogen-bond donors (Lipinski definition) is 1. The van der Waals surface area contributed by atoms with Crippen LogP contribution in [0.1, 0.15) is 16.5 Å². The van der Waals surface area contributed by atoms with Gasteiger partial charge in [0.1, 0.15) is 11.8 Å². The number of halogens is 1. The van der Waals surface area contributed by atoms with E-state index in [9.17, 15) is 14.7 Å². The van der Waals surface area contributed by atoms with Gasteiger partial charge in [0.25, 0.3) is 11.7 Å². The van der Waals surface area contributed by atoms with Crippen LogP contribution in [0.4, 0.5) is 5.69 Å². The summed E-state index contributed by atoms with van der Waals surface area (Å²) in [6.07, 6.45) is 0. The Morgan fingerprint density at radius 2 is 1.67 bits per heavy atom. The van der Waals surface area contributed by atoms with Gasteiger partial charge < -0.3 is 5.11 Å². The molecule has 4 nitrogen and oxygen atoms in total. The highest BCUT2D eigenvalue weighted by atomic mass is 35.5. The van der Waals surface area contributed by atoms with Crippen LogP contribution >= 0.6 is 22.9 Å². The Hall–Kier alpha value is -2.89. The Morgan fingerprint density at radius 1 is 0.963 bits per heavy atom. The van der Waals surface area contributed by atoms with Crippen LogP contribution < -0.4 is 4.90 Å². The largest absolute Gasteiger partial charge is 0.507 e. The maximum atomic E-state index is 12.8. The summed E-state index contributed by atoms with van der Waals surface area (Å²) in [5.41, 5.74) is 1.13. The number of ketones is 1. The first kappa shape index (κ1) is 17.5. The number of benzene rings is 2. The van der Waals surface area contributed by atoms with Crippen molar-refractivity contribution < 1.29 is 14.7 Å². The fourth-order valence-corrected chi connectivity index (χ4v) is 4.12. The zero-order valence-electron chi connectivity index (χ0n) is 14.0. The molecule has 2 aromatic carbocycles. The minimum Gasteiger partial charge on any atom is -0.507 e. The van der Waals surface area contributed by atoms with Gasteiger partial charge in [-0.15, -0.1) is 11.3 Å². The van der Waals surface area contributed by atoms with Crippen molar-refractivity contribution in [2.45, 2.75) is 6.04 Å². The zero-order valence-corrected chi connectivity index (χ0v) is 15.6. The molecule has 1 amide bonds. The van der Waals surface area contributed by atoms with Crippen molar-refractivity contribution in [1.82, 2.24) is 0 Å². The van der Waals surface area contributed by atoms with E-state index in [1.165, 1.54) is 16.2 Å². The first-order valence-corrected chi connectivity index (χ1v) is 9.49. The second-order valence-electron chi connectivity index (χ2n) is 6.03. The van der Waals surface area contributed by atoms with E-state index in [1.54, 1.807) is 48.5 Å². The van der Waals surface area contributed by atoms with E-state index in [2.05, 4.69) is 0 Å². The van der Waals surface area contributed by atoms with E-state index >= 15 is 0 Å². The van der Waals surface area contributed by atoms with Crippen molar-refractivity contribution in [1.29, 1.82) is 0 Å². The van der Waals surface area contributed by atoms with Crippen molar-refractivity contribution in [3.63, 3.8) is 0 Å². The molecule has 3 aromatic rings. The molecule has 134 valence electrons. The van der Waals surface area contributed by atoms with E-state index in [1.807, 2.05) is 23.6 Å². The van der Waals surface area contributed by atoms with Gasteiger partial charge in [0.15, 0.2) is 0 Å². The summed E-state index contributed by atoms with van der Waals surface area (Å²) in [6.45, 7) is 0. The predicted octanol–water partition coefficient (Wildman–Crippen LogP) is 5.03. The number of aliphatic hydroxyl groups excluding tert-OH is 1. The standard InChI is InChI=1S/C21H14ClNO3S/c22-14-8-10-15(11-9-14)23-18(16-7-4-12-27-16)17(20(25)21(23)26)19(24)13-5-2-1-3-6-13/h1-12,18,24H/b19-17-. The van der Waals surface area contributed by atoms with E-state index in [-0.39, 0.29) is 11.3 Å². The van der Waals surface area contributed by atoms with Crippen LogP contribution in [0.5, 0.6) is 0 Å². The van der Waals surface area contributed by atoms with Crippen LogP contribution in [0, 0.1) is 0 Å². The van der Waals surface area contributed by atoms with Crippen LogP contribution in [0.2, 0.25) is 5.02 Å². The second kappa shape index (κ2) is 7.02. The van der Waals surface area contributed by atoms with Gasteiger partial charge in [-0.3, -0.25) is 14.5 Å². The summed E-state index contributed by atoms with van der Waals surface area (Å²) >= 11 is 7.39. The minimum absolute atomic E-state index is 0.0867. The summed E-state index contributed by atoms with van der Waals surface area (Å²) in [4.78, 5) is 27.9. The molecule has 6 heteroatoms. The van der Waals surface area contributed by atoms with Crippen LogP contribution in [-0.4, -0.2) is 16.8 Å². The van der Waals surface area contributed by atoms with Crippen molar-refractivity contribution in [3.8, 4) is 0 Å². The summed E-state index contributed by atoms with van der Waals surface area (Å²) in [5, 5.41) is 13.3. The fourth-order valence-electron chi connectivity index (χ4n) is 3.17. The van der Waals surface area contributed by atoms with Gasteiger partial charge in [-0.25, -0.2) is 0 Å². The van der Waals surface area contributed by atoms with E-state index < -0.39 is 17.7 Å². The van der Waals surface area contributed by atoms with Crippen LogP contribution in [0.15, 0.2) is 77.7 Å². The maximum Gasteiger partial charge on any atom is 0.300 e. The number of nitrogens with zero attached hydrogens (tertiary/aromatic N) is 1. The summed E-state index contributed by atoms with van der Waals surface area (Å²) < 4.78 is 0. The summed E-state index contributed by atoms with van der Waals surface area (Å²) in [5.74, 6) is -1.55. The monoisotopic (exact) mass is 395 g/mol. The zero-order chi connectivity index (χ0) is 19.0. The smallest absolute Gasteiger partial charge is 0.300 e. The van der Waals surface area contributed by atoms with Gasteiger partial charge in [0, 0.05) is 21.2 Å². The molecule has 2 heterocycles. The number of hydrogen-bond acceptors (Lipinski definition) is 4. The Balaban J connectivity index is 1.92. The van der Waals surface area contributed by atoms with Gasteiger partial charge in [-0.2, -0.15) is 0 Å². The van der Waals surface area contributed by atoms with Crippen molar-refractivity contribution in [2.75, 3.05) is 4.90 Å². The van der Waals surface area contributed by atoms with E-state index in [0.717, 1.165) is 4.88 Å². The first-order chi connectivity index (χ1) is 13.1. The number of carbonyl (C=O) groups excluding carboxylic acids is 2. The molecule has 0 saturated carbocycles. The molecule has 0 radical (unpaired) electrons. The quantitative estimate of drug-likeness (QED) is 0.384. The number of Topliss-reactive ketones (excluding diaryl/α,β-unsaturated/α-hetero) is 1. The molecular weight excluding hydrogens is 382 g/mol. The molecule has 1 aliphatic heterocycles. The molecule has 1 saturated heterocycles. The number of thiophene rings is 1. The van der Waals surface area contributed by atoms with Crippen molar-refractivity contribution in [2.24, 2.45) is 0 Å². The summed E-state index contributed by atoms with van der Waals surface area (Å²) in [7, 11) is 0. The molecular formula is C21H14ClNO3S. The molecule has 1 N–H and O–H groups in total. The van der Waals surface area contributed by atoms with Gasteiger partial charge in [-0.1, -0.05) is 48.0 Å². The maximum absolute atomic E-state index is 12.8. The van der Waals surface area contributed by atoms with E-state index in [0.29, 0.717) is 16.3 Å². The second-order valence-corrected chi connectivity index (χ2v) is 7.44. The first-order valence-electron chi connectivity index (χ1n) is 8.23. The molecule has 1 fully saturated rings. The lowest BCUT2D eigenvalue weighted by molar-refractivity contribution is -0.132. The molecule has 27 heavy (non-hydrogen) atoms. The molecule has 4 rings (SSSR count). The number of aliphatic hydroxyl groups is 1. The lowest BCUT2D eigenvalue weighted by Crippen LogP contribution is -2.29. The molecule has 1 atom stereocenters. The third-order valence-electron chi connectivity index (χ3n) is 4.41. The number of carbonyl (C=O) groups is 2. The SMILES string of the molecule is O=C1C(=O)N(c2ccc(Cl)cc2)C(c2cccs2)/C1=C(/O)c1ccccc1. The molecule has 0 spiro atoms. The van der Waals surface area contributed by atoms with Gasteiger partial charge in [-0.05, 0) is 35.7 Å². The Bertz CT molecular complexity index is 1030. The highest BCUT2D eigenvalue weighted by Crippen LogP contribution is 2.43. The Morgan fingerprint density at radius 3 is 2.30 bits per heavy atom. The lowest BCUT2D eigenvalue weighted by Gasteiger charge is -2.24. The van der Waals surface area contributed by atoms with Crippen molar-refractivity contribution >= 4 is 46.1 Å². The Labute approximate surface area is 164 Å². The van der Waals surface area contributed by atoms with Crippen LogP contribution in [0.25, 0.3) is 5.76 Å². The molecule has 1 aliphatic rings. The van der Waals surface area contributed by atoms with E-state index in [4.69, 9.17) is 11.6 Å². The molecule has 1 aromatic heterocycles. The molecule has 0 aliphatic carbocycles. The average molecular weight is 396 g/mol. The highest BCUT2D eigenvalue weighted by molar-refractivity contribution is 7.10. The molecule has 0 bridgehead atoms. The predicted molar refractivity (Wildman–Crippen MR) is 107 cm³/mol. The number of amides is 1. The van der Waals surface area contributed by atoms with Gasteiger partial charge in [0.05, 0.1) is 5.57 Å². The highest BCUT2D eigenvalue weighted by Gasteiger charge is 2.47. The average Bonchev–Trinajstić information content (AvgIpc) is 3.30. The third kappa shape index (κ3) is 3.05. The normalized spacial score (nSPS) is 18.9.